The zero-order chi connectivity index (χ0) is 20.9. The van der Waals surface area contributed by atoms with Crippen LogP contribution >= 0.6 is 0 Å². The number of aromatic nitrogens is 2. The van der Waals surface area contributed by atoms with E-state index in [0.717, 1.165) is 0 Å². The van der Waals surface area contributed by atoms with Crippen molar-refractivity contribution in [2.45, 2.75) is 26.4 Å². The lowest BCUT2D eigenvalue weighted by atomic mass is 10.2. The molecule has 0 aliphatic rings. The minimum atomic E-state index is -0.711. The number of imidazole rings is 1. The highest BCUT2D eigenvalue weighted by molar-refractivity contribution is 6.09. The summed E-state index contributed by atoms with van der Waals surface area (Å²) >= 11 is 0. The summed E-state index contributed by atoms with van der Waals surface area (Å²) in [6, 6.07) is 4.61. The van der Waals surface area contributed by atoms with E-state index in [4.69, 9.17) is 9.47 Å². The van der Waals surface area contributed by atoms with Crippen LogP contribution in [0, 0.1) is 0 Å². The number of H-pyrrole nitrogens is 1. The fourth-order valence-corrected chi connectivity index (χ4v) is 2.20. The van der Waals surface area contributed by atoms with Crippen molar-refractivity contribution in [3.8, 4) is 5.75 Å². The SMILES string of the molecule is COC(=O)c1[nH]cnc1C(=O)Nc1ccc(NC(=O)OC(C)(C)C)c(OC)c1. The van der Waals surface area contributed by atoms with Crippen molar-refractivity contribution >= 4 is 29.3 Å². The van der Waals surface area contributed by atoms with E-state index >= 15 is 0 Å². The Hall–Kier alpha value is -3.56. The Balaban J connectivity index is 2.16. The molecule has 0 spiro atoms. The minimum absolute atomic E-state index is 0.0600. The molecule has 1 aromatic heterocycles. The van der Waals surface area contributed by atoms with Crippen LogP contribution in [0.1, 0.15) is 41.7 Å². The molecule has 150 valence electrons. The Bertz CT molecular complexity index is 884. The highest BCUT2D eigenvalue weighted by atomic mass is 16.6. The third-order valence-corrected chi connectivity index (χ3v) is 3.34. The maximum Gasteiger partial charge on any atom is 0.412 e. The van der Waals surface area contributed by atoms with E-state index in [1.165, 1.54) is 26.6 Å². The van der Waals surface area contributed by atoms with Gasteiger partial charge in [-0.25, -0.2) is 14.6 Å². The number of methoxy groups -OCH3 is 2. The van der Waals surface area contributed by atoms with Gasteiger partial charge in [0.25, 0.3) is 5.91 Å². The van der Waals surface area contributed by atoms with Crippen molar-refractivity contribution in [2.24, 2.45) is 0 Å². The van der Waals surface area contributed by atoms with Crippen LogP contribution in [0.3, 0.4) is 0 Å². The second-order valence-corrected chi connectivity index (χ2v) is 6.61. The molecule has 0 radical (unpaired) electrons. The summed E-state index contributed by atoms with van der Waals surface area (Å²) in [4.78, 5) is 42.4. The van der Waals surface area contributed by atoms with Gasteiger partial charge in [0, 0.05) is 11.8 Å². The third kappa shape index (κ3) is 5.22. The molecule has 0 atom stereocenters. The van der Waals surface area contributed by atoms with Gasteiger partial charge in [0.2, 0.25) is 0 Å². The summed E-state index contributed by atoms with van der Waals surface area (Å²) in [6.45, 7) is 5.25. The molecule has 28 heavy (non-hydrogen) atoms. The van der Waals surface area contributed by atoms with Crippen LogP contribution in [0.25, 0.3) is 0 Å². The van der Waals surface area contributed by atoms with Gasteiger partial charge in [0.15, 0.2) is 11.4 Å². The van der Waals surface area contributed by atoms with Crippen LogP contribution in [0.5, 0.6) is 5.75 Å². The van der Waals surface area contributed by atoms with Crippen molar-refractivity contribution in [2.75, 3.05) is 24.9 Å². The Kier molecular flexibility index (Phi) is 6.24. The van der Waals surface area contributed by atoms with Gasteiger partial charge in [-0.3, -0.25) is 10.1 Å². The summed E-state index contributed by atoms with van der Waals surface area (Å²) in [5.41, 5.74) is -0.0799. The normalized spacial score (nSPS) is 10.8. The number of carbonyl (C=O) groups is 3. The average Bonchev–Trinajstić information content (AvgIpc) is 3.10. The molecular weight excluding hydrogens is 368 g/mol. The molecule has 0 unspecified atom stereocenters. The highest BCUT2D eigenvalue weighted by Gasteiger charge is 2.22. The number of rotatable bonds is 5. The van der Waals surface area contributed by atoms with Gasteiger partial charge < -0.3 is 24.5 Å². The largest absolute Gasteiger partial charge is 0.494 e. The van der Waals surface area contributed by atoms with E-state index in [9.17, 15) is 14.4 Å². The molecule has 1 aromatic carbocycles. The number of esters is 1. The first-order chi connectivity index (χ1) is 13.1. The van der Waals surface area contributed by atoms with E-state index in [-0.39, 0.29) is 11.4 Å². The van der Waals surface area contributed by atoms with Crippen molar-refractivity contribution < 1.29 is 28.6 Å². The zero-order valence-electron chi connectivity index (χ0n) is 16.2. The van der Waals surface area contributed by atoms with Gasteiger partial charge >= 0.3 is 12.1 Å². The van der Waals surface area contributed by atoms with Crippen LogP contribution in [0.15, 0.2) is 24.5 Å². The molecule has 2 amide bonds. The molecule has 0 saturated carbocycles. The number of carbonyl (C=O) groups excluding carboxylic acids is 3. The first kappa shape index (κ1) is 20.7. The third-order valence-electron chi connectivity index (χ3n) is 3.34. The van der Waals surface area contributed by atoms with E-state index in [1.807, 2.05) is 0 Å². The number of ether oxygens (including phenoxy) is 3. The Morgan fingerprint density at radius 2 is 1.82 bits per heavy atom. The average molecular weight is 390 g/mol. The zero-order valence-corrected chi connectivity index (χ0v) is 16.2. The number of hydrogen-bond acceptors (Lipinski definition) is 7. The van der Waals surface area contributed by atoms with Crippen LogP contribution in [-0.2, 0) is 9.47 Å². The molecule has 2 aromatic rings. The highest BCUT2D eigenvalue weighted by Crippen LogP contribution is 2.28. The Morgan fingerprint density at radius 3 is 2.43 bits per heavy atom. The van der Waals surface area contributed by atoms with Crippen molar-refractivity contribution in [1.29, 1.82) is 0 Å². The summed E-state index contributed by atoms with van der Waals surface area (Å²) in [5, 5.41) is 5.18. The Labute approximate surface area is 161 Å². The monoisotopic (exact) mass is 390 g/mol. The molecule has 0 aliphatic carbocycles. The molecule has 0 saturated heterocycles. The molecule has 0 aliphatic heterocycles. The van der Waals surface area contributed by atoms with Gasteiger partial charge in [-0.2, -0.15) is 0 Å². The first-order valence-corrected chi connectivity index (χ1v) is 8.25. The summed E-state index contributed by atoms with van der Waals surface area (Å²) in [5.74, 6) is -1.02. The lowest BCUT2D eigenvalue weighted by Gasteiger charge is -2.20. The van der Waals surface area contributed by atoms with Crippen molar-refractivity contribution in [3.05, 3.63) is 35.9 Å². The number of hydrogen-bond donors (Lipinski definition) is 3. The van der Waals surface area contributed by atoms with Gasteiger partial charge in [-0.1, -0.05) is 0 Å². The first-order valence-electron chi connectivity index (χ1n) is 8.25. The molecule has 10 heteroatoms. The molecule has 2 rings (SSSR count). The number of anilines is 2. The number of nitrogens with zero attached hydrogens (tertiary/aromatic N) is 1. The van der Waals surface area contributed by atoms with Gasteiger partial charge in [0.1, 0.15) is 11.4 Å². The topological polar surface area (TPSA) is 132 Å². The fourth-order valence-electron chi connectivity index (χ4n) is 2.20. The number of benzene rings is 1. The predicted molar refractivity (Wildman–Crippen MR) is 101 cm³/mol. The molecular formula is C18H22N4O6. The van der Waals surface area contributed by atoms with E-state index in [2.05, 4.69) is 25.3 Å². The van der Waals surface area contributed by atoms with Crippen LogP contribution in [0.2, 0.25) is 0 Å². The molecule has 0 bridgehead atoms. The second kappa shape index (κ2) is 8.42. The minimum Gasteiger partial charge on any atom is -0.494 e. The van der Waals surface area contributed by atoms with Gasteiger partial charge in [-0.15, -0.1) is 0 Å². The molecule has 1 heterocycles. The fraction of sp³-hybridized carbons (Fsp3) is 0.333. The van der Waals surface area contributed by atoms with Gasteiger partial charge in [-0.05, 0) is 32.9 Å². The number of amides is 2. The maximum absolute atomic E-state index is 12.4. The number of nitrogens with one attached hydrogen (secondary N) is 3. The van der Waals surface area contributed by atoms with Crippen molar-refractivity contribution in [1.82, 2.24) is 9.97 Å². The van der Waals surface area contributed by atoms with Gasteiger partial charge in [0.05, 0.1) is 26.2 Å². The molecule has 0 fully saturated rings. The van der Waals surface area contributed by atoms with Crippen molar-refractivity contribution in [3.63, 3.8) is 0 Å². The molecule has 10 nitrogen and oxygen atoms in total. The molecule has 3 N–H and O–H groups in total. The smallest absolute Gasteiger partial charge is 0.412 e. The number of aromatic amines is 1. The van der Waals surface area contributed by atoms with Crippen LogP contribution in [-0.4, -0.2) is 47.8 Å². The quantitative estimate of drug-likeness (QED) is 0.669. The van der Waals surface area contributed by atoms with Crippen LogP contribution < -0.4 is 15.4 Å². The van der Waals surface area contributed by atoms with E-state index < -0.39 is 23.6 Å². The maximum atomic E-state index is 12.4. The summed E-state index contributed by atoms with van der Waals surface area (Å²) in [6.07, 6.45) is 0.581. The predicted octanol–water partition coefficient (Wildman–Crippen LogP) is 2.80. The van der Waals surface area contributed by atoms with E-state index in [0.29, 0.717) is 17.1 Å². The lowest BCUT2D eigenvalue weighted by molar-refractivity contribution is 0.0589. The second-order valence-electron chi connectivity index (χ2n) is 6.61. The van der Waals surface area contributed by atoms with Crippen LogP contribution in [0.4, 0.5) is 16.2 Å². The standard InChI is InChI=1S/C18H22N4O6/c1-18(2,3)28-17(25)22-11-7-6-10(8-12(11)26-4)21-15(23)13-14(16(24)27-5)20-9-19-13/h6-9H,1-5H3,(H,19,20)(H,21,23)(H,22,25). The van der Waals surface area contributed by atoms with E-state index in [1.54, 1.807) is 32.9 Å². The Morgan fingerprint density at radius 1 is 1.11 bits per heavy atom. The lowest BCUT2D eigenvalue weighted by Crippen LogP contribution is -2.27. The summed E-state index contributed by atoms with van der Waals surface area (Å²) < 4.78 is 15.0. The summed E-state index contributed by atoms with van der Waals surface area (Å²) in [7, 11) is 2.62.